The van der Waals surface area contributed by atoms with Crippen molar-refractivity contribution >= 4 is 17.7 Å². The Bertz CT molecular complexity index is 506. The third kappa shape index (κ3) is 2.39. The highest BCUT2D eigenvalue weighted by molar-refractivity contribution is 5.82. The smallest absolute Gasteiger partial charge is 0.235 e. The molecule has 0 aliphatic heterocycles. The summed E-state index contributed by atoms with van der Waals surface area (Å²) >= 11 is 0. The minimum atomic E-state index is 0.419. The van der Waals surface area contributed by atoms with E-state index in [0.717, 1.165) is 5.69 Å². The first-order valence-electron chi connectivity index (χ1n) is 4.84. The van der Waals surface area contributed by atoms with E-state index in [2.05, 4.69) is 10.2 Å². The lowest BCUT2D eigenvalue weighted by molar-refractivity contribution is 0.563. The van der Waals surface area contributed by atoms with Crippen LogP contribution in [0.5, 0.6) is 0 Å². The van der Waals surface area contributed by atoms with Crippen molar-refractivity contribution in [2.24, 2.45) is 10.2 Å². The summed E-state index contributed by atoms with van der Waals surface area (Å²) in [6, 6.07) is 16.3. The van der Waals surface area contributed by atoms with Gasteiger partial charge < -0.3 is 0 Å². The summed E-state index contributed by atoms with van der Waals surface area (Å²) in [5, 5.41) is 8.04. The predicted octanol–water partition coefficient (Wildman–Crippen LogP) is 3.56. The molecule has 2 aromatic rings. The number of hydrogen-bond acceptors (Lipinski definition) is 3. The summed E-state index contributed by atoms with van der Waals surface area (Å²) in [6.07, 6.45) is 1.83. The minimum Gasteiger partial charge on any atom is -0.285 e. The fourth-order valence-electron chi connectivity index (χ4n) is 1.25. The zero-order valence-corrected chi connectivity index (χ0v) is 8.50. The molecule has 0 aliphatic rings. The summed E-state index contributed by atoms with van der Waals surface area (Å²) < 4.78 is 0. The van der Waals surface area contributed by atoms with E-state index >= 15 is 0 Å². The second-order valence-electron chi connectivity index (χ2n) is 3.15. The highest BCUT2D eigenvalue weighted by Gasteiger charge is 1.98. The fraction of sp³-hybridized carbons (Fsp3) is 0. The first-order chi connectivity index (χ1) is 7.90. The lowest BCUT2D eigenvalue weighted by atomic mass is 10.2. The van der Waals surface area contributed by atoms with Gasteiger partial charge in [0, 0.05) is 0 Å². The molecule has 0 bridgehead atoms. The van der Waals surface area contributed by atoms with Gasteiger partial charge in [0.1, 0.15) is 0 Å². The lowest BCUT2D eigenvalue weighted by Gasteiger charge is -1.95. The molecule has 0 spiro atoms. The number of benzene rings is 2. The summed E-state index contributed by atoms with van der Waals surface area (Å²) in [5.41, 5.74) is 1.70. The molecule has 3 nitrogen and oxygen atoms in total. The van der Waals surface area contributed by atoms with E-state index in [4.69, 9.17) is 0 Å². The molecular weight excluding hydrogens is 200 g/mol. The second kappa shape index (κ2) is 4.98. The van der Waals surface area contributed by atoms with Crippen LogP contribution in [0.2, 0.25) is 0 Å². The summed E-state index contributed by atoms with van der Waals surface area (Å²) in [6.45, 7) is 0. The molecule has 0 aliphatic carbocycles. The van der Waals surface area contributed by atoms with Crippen molar-refractivity contribution in [1.29, 1.82) is 0 Å². The van der Waals surface area contributed by atoms with E-state index in [1.165, 1.54) is 0 Å². The average Bonchev–Trinajstić information content (AvgIpc) is 2.38. The van der Waals surface area contributed by atoms with Gasteiger partial charge in [0.2, 0.25) is 6.29 Å². The van der Waals surface area contributed by atoms with Crippen LogP contribution in [0, 0.1) is 0 Å². The van der Waals surface area contributed by atoms with E-state index in [1.54, 1.807) is 24.3 Å². The maximum atomic E-state index is 10.6. The summed E-state index contributed by atoms with van der Waals surface area (Å²) in [4.78, 5) is 10.6. The highest BCUT2D eigenvalue weighted by atomic mass is 16.1. The van der Waals surface area contributed by atoms with Gasteiger partial charge in [0.25, 0.3) is 0 Å². The Hall–Kier alpha value is -2.29. The van der Waals surface area contributed by atoms with Gasteiger partial charge in [-0.2, -0.15) is 5.11 Å². The van der Waals surface area contributed by atoms with Gasteiger partial charge in [-0.3, -0.25) is 4.79 Å². The van der Waals surface area contributed by atoms with E-state index in [1.807, 2.05) is 36.6 Å². The normalized spacial score (nSPS) is 10.5. The van der Waals surface area contributed by atoms with Gasteiger partial charge in [-0.05, 0) is 24.3 Å². The van der Waals surface area contributed by atoms with Crippen molar-refractivity contribution in [2.45, 2.75) is 0 Å². The molecule has 3 heteroatoms. The maximum Gasteiger partial charge on any atom is 0.235 e. The molecular formula is C13H9N2O. The Morgan fingerprint density at radius 2 is 1.50 bits per heavy atom. The van der Waals surface area contributed by atoms with Crippen LogP contribution in [0.15, 0.2) is 64.8 Å². The van der Waals surface area contributed by atoms with Gasteiger partial charge in [0.15, 0.2) is 0 Å². The van der Waals surface area contributed by atoms with E-state index < -0.39 is 0 Å². The summed E-state index contributed by atoms with van der Waals surface area (Å²) in [7, 11) is 0. The monoisotopic (exact) mass is 209 g/mol. The van der Waals surface area contributed by atoms with E-state index in [0.29, 0.717) is 11.3 Å². The number of carbonyl (C=O) groups excluding carboxylic acids is 1. The molecule has 0 unspecified atom stereocenters. The van der Waals surface area contributed by atoms with Crippen LogP contribution >= 0.6 is 0 Å². The van der Waals surface area contributed by atoms with Gasteiger partial charge >= 0.3 is 0 Å². The fourth-order valence-corrected chi connectivity index (χ4v) is 1.25. The largest absolute Gasteiger partial charge is 0.285 e. The van der Waals surface area contributed by atoms with Crippen LogP contribution in [-0.2, 0) is 4.79 Å². The number of rotatable bonds is 3. The molecule has 1 radical (unpaired) electrons. The molecule has 0 fully saturated rings. The van der Waals surface area contributed by atoms with Crippen molar-refractivity contribution < 1.29 is 4.79 Å². The molecule has 0 heterocycles. The van der Waals surface area contributed by atoms with Crippen LogP contribution in [-0.4, -0.2) is 6.29 Å². The third-order valence-corrected chi connectivity index (χ3v) is 2.04. The molecule has 0 saturated carbocycles. The maximum absolute atomic E-state index is 10.6. The van der Waals surface area contributed by atoms with Crippen LogP contribution in [0.1, 0.15) is 5.56 Å². The number of nitrogens with zero attached hydrogens (tertiary/aromatic N) is 2. The Labute approximate surface area is 93.5 Å². The molecule has 77 valence electrons. The van der Waals surface area contributed by atoms with E-state index in [-0.39, 0.29) is 0 Å². The van der Waals surface area contributed by atoms with Gasteiger partial charge in [-0.25, -0.2) is 0 Å². The quantitative estimate of drug-likeness (QED) is 0.712. The first kappa shape index (κ1) is 10.2. The third-order valence-electron chi connectivity index (χ3n) is 2.04. The molecule has 0 saturated heterocycles. The Kier molecular flexibility index (Phi) is 3.18. The summed E-state index contributed by atoms with van der Waals surface area (Å²) in [5.74, 6) is 0. The highest BCUT2D eigenvalue weighted by Crippen LogP contribution is 2.20. The standard InChI is InChI=1S/C13H9N2O/c16-10-11-6-4-5-9-13(11)15-14-12-7-2-1-3-8-12/h1-9H/b15-14+. The first-order valence-corrected chi connectivity index (χ1v) is 4.84. The molecule has 16 heavy (non-hydrogen) atoms. The average molecular weight is 209 g/mol. The Balaban J connectivity index is 2.27. The van der Waals surface area contributed by atoms with Gasteiger partial charge in [-0.1, -0.05) is 30.3 Å². The van der Waals surface area contributed by atoms with Crippen LogP contribution in [0.3, 0.4) is 0 Å². The topological polar surface area (TPSA) is 41.8 Å². The number of hydrogen-bond donors (Lipinski definition) is 0. The van der Waals surface area contributed by atoms with Gasteiger partial charge in [-0.15, -0.1) is 5.11 Å². The Morgan fingerprint density at radius 3 is 2.25 bits per heavy atom. The molecule has 0 N–H and O–H groups in total. The van der Waals surface area contributed by atoms with Crippen molar-refractivity contribution in [3.63, 3.8) is 0 Å². The van der Waals surface area contributed by atoms with Crippen molar-refractivity contribution in [2.75, 3.05) is 0 Å². The van der Waals surface area contributed by atoms with Crippen molar-refractivity contribution in [1.82, 2.24) is 0 Å². The molecule has 0 amide bonds. The molecule has 0 atom stereocenters. The SMILES string of the molecule is O=[C]c1ccccc1/N=N/c1ccccc1. The minimum absolute atomic E-state index is 0.419. The van der Waals surface area contributed by atoms with Crippen LogP contribution in [0.4, 0.5) is 11.4 Å². The number of azo groups is 1. The predicted molar refractivity (Wildman–Crippen MR) is 61.9 cm³/mol. The van der Waals surface area contributed by atoms with Crippen LogP contribution in [0.25, 0.3) is 0 Å². The molecule has 2 rings (SSSR count). The zero-order chi connectivity index (χ0) is 11.2. The van der Waals surface area contributed by atoms with Crippen LogP contribution < -0.4 is 0 Å². The van der Waals surface area contributed by atoms with Crippen molar-refractivity contribution in [3.8, 4) is 0 Å². The Morgan fingerprint density at radius 1 is 0.812 bits per heavy atom. The van der Waals surface area contributed by atoms with E-state index in [9.17, 15) is 4.79 Å². The zero-order valence-electron chi connectivity index (χ0n) is 8.50. The second-order valence-corrected chi connectivity index (χ2v) is 3.15. The van der Waals surface area contributed by atoms with Crippen molar-refractivity contribution in [3.05, 3.63) is 60.2 Å². The van der Waals surface area contributed by atoms with Gasteiger partial charge in [0.05, 0.1) is 16.9 Å². The molecule has 0 aromatic heterocycles. The lowest BCUT2D eigenvalue weighted by Crippen LogP contribution is -1.78. The molecule has 2 aromatic carbocycles.